The van der Waals surface area contributed by atoms with Crippen molar-refractivity contribution in [1.29, 1.82) is 0 Å². The lowest BCUT2D eigenvalue weighted by Gasteiger charge is -2.01. The molecule has 0 aliphatic carbocycles. The van der Waals surface area contributed by atoms with Crippen LogP contribution in [0, 0.1) is 0 Å². The van der Waals surface area contributed by atoms with E-state index in [1.165, 1.54) is 57.8 Å². The molecule has 0 fully saturated rings. The monoisotopic (exact) mass is 316 g/mol. The Bertz CT molecular complexity index is 423. The molecular weight excluding hydrogens is 284 g/mol. The van der Waals surface area contributed by atoms with Crippen LogP contribution in [0.1, 0.15) is 77.6 Å². The molecule has 1 rings (SSSR count). The fourth-order valence-electron chi connectivity index (χ4n) is 2.57. The second-order valence-corrected chi connectivity index (χ2v) is 6.11. The molecule has 0 N–H and O–H groups in total. The van der Waals surface area contributed by atoms with E-state index in [9.17, 15) is 4.79 Å². The summed E-state index contributed by atoms with van der Waals surface area (Å²) < 4.78 is 5.19. The quantitative estimate of drug-likeness (QED) is 0.181. The predicted molar refractivity (Wildman–Crippen MR) is 97.7 cm³/mol. The zero-order chi connectivity index (χ0) is 16.6. The summed E-state index contributed by atoms with van der Waals surface area (Å²) >= 11 is 0. The van der Waals surface area contributed by atoms with Crippen LogP contribution in [-0.4, -0.2) is 5.97 Å². The Balaban J connectivity index is 1.91. The van der Waals surface area contributed by atoms with E-state index in [1.807, 2.05) is 24.3 Å². The third-order valence-corrected chi connectivity index (χ3v) is 3.94. The smallest absolute Gasteiger partial charge is 0.335 e. The average Bonchev–Trinajstić information content (AvgIpc) is 2.57. The first-order chi connectivity index (χ1) is 11.3. The van der Waals surface area contributed by atoms with E-state index in [-0.39, 0.29) is 5.97 Å². The summed E-state index contributed by atoms with van der Waals surface area (Å²) in [6, 6.07) is 9.19. The molecule has 2 heteroatoms. The molecule has 0 saturated heterocycles. The summed E-state index contributed by atoms with van der Waals surface area (Å²) in [4.78, 5) is 11.6. The maximum absolute atomic E-state index is 11.6. The fourth-order valence-corrected chi connectivity index (χ4v) is 2.57. The molecule has 0 radical (unpaired) electrons. The topological polar surface area (TPSA) is 26.3 Å². The largest absolute Gasteiger partial charge is 0.423 e. The minimum absolute atomic E-state index is 0.289. The van der Waals surface area contributed by atoms with Crippen LogP contribution in [0.5, 0.6) is 5.75 Å². The fraction of sp³-hybridized carbons (Fsp3) is 0.571. The Labute approximate surface area is 141 Å². The standard InChI is InChI=1S/C21H32O2/c1-2-3-4-5-6-7-8-9-10-11-12-16-19-21(22)23-20-17-14-13-15-18-20/h13-19H,2-12H2,1H3. The van der Waals surface area contributed by atoms with Gasteiger partial charge in [0.05, 0.1) is 0 Å². The Kier molecular flexibility index (Phi) is 11.9. The highest BCUT2D eigenvalue weighted by Gasteiger charge is 1.98. The van der Waals surface area contributed by atoms with Gasteiger partial charge in [-0.05, 0) is 25.0 Å². The summed E-state index contributed by atoms with van der Waals surface area (Å²) in [6.45, 7) is 2.26. The van der Waals surface area contributed by atoms with Gasteiger partial charge in [-0.3, -0.25) is 0 Å². The number of rotatable bonds is 13. The van der Waals surface area contributed by atoms with Gasteiger partial charge in [-0.1, -0.05) is 89.0 Å². The minimum atomic E-state index is -0.289. The van der Waals surface area contributed by atoms with Crippen molar-refractivity contribution in [3.8, 4) is 5.75 Å². The molecule has 0 unspecified atom stereocenters. The van der Waals surface area contributed by atoms with Crippen molar-refractivity contribution in [3.63, 3.8) is 0 Å². The summed E-state index contributed by atoms with van der Waals surface area (Å²) in [5.41, 5.74) is 0. The molecule has 0 saturated carbocycles. The van der Waals surface area contributed by atoms with Gasteiger partial charge < -0.3 is 4.74 Å². The Hall–Kier alpha value is -1.57. The first-order valence-electron chi connectivity index (χ1n) is 9.26. The van der Waals surface area contributed by atoms with Crippen molar-refractivity contribution in [3.05, 3.63) is 42.5 Å². The van der Waals surface area contributed by atoms with E-state index in [0.29, 0.717) is 5.75 Å². The molecule has 0 aliphatic heterocycles. The van der Waals surface area contributed by atoms with Gasteiger partial charge >= 0.3 is 5.97 Å². The predicted octanol–water partition coefficient (Wildman–Crippen LogP) is 6.46. The van der Waals surface area contributed by atoms with E-state index in [1.54, 1.807) is 18.2 Å². The highest BCUT2D eigenvalue weighted by molar-refractivity contribution is 5.83. The Morgan fingerprint density at radius 2 is 1.43 bits per heavy atom. The van der Waals surface area contributed by atoms with E-state index in [2.05, 4.69) is 6.92 Å². The Morgan fingerprint density at radius 1 is 0.870 bits per heavy atom. The van der Waals surface area contributed by atoms with Crippen molar-refractivity contribution in [2.24, 2.45) is 0 Å². The molecular formula is C21H32O2. The number of esters is 1. The number of hydrogen-bond donors (Lipinski definition) is 0. The van der Waals surface area contributed by atoms with Gasteiger partial charge in [0.25, 0.3) is 0 Å². The number of allylic oxidation sites excluding steroid dienone is 1. The minimum Gasteiger partial charge on any atom is -0.423 e. The lowest BCUT2D eigenvalue weighted by atomic mass is 10.1. The van der Waals surface area contributed by atoms with Gasteiger partial charge in [-0.2, -0.15) is 0 Å². The first-order valence-corrected chi connectivity index (χ1v) is 9.26. The van der Waals surface area contributed by atoms with Gasteiger partial charge in [0.2, 0.25) is 0 Å². The number of carbonyl (C=O) groups excluding carboxylic acids is 1. The number of carbonyl (C=O) groups is 1. The third-order valence-electron chi connectivity index (χ3n) is 3.94. The number of ether oxygens (including phenoxy) is 1. The average molecular weight is 316 g/mol. The molecule has 1 aromatic rings. The lowest BCUT2D eigenvalue weighted by molar-refractivity contribution is -0.129. The van der Waals surface area contributed by atoms with Gasteiger partial charge in [0, 0.05) is 6.08 Å². The first kappa shape index (κ1) is 19.5. The number of para-hydroxylation sites is 1. The zero-order valence-corrected chi connectivity index (χ0v) is 14.6. The SMILES string of the molecule is CCCCCCCCCCCCC=CC(=O)Oc1ccccc1. The maximum atomic E-state index is 11.6. The van der Waals surface area contributed by atoms with Crippen LogP contribution < -0.4 is 4.74 Å². The molecule has 0 atom stereocenters. The van der Waals surface area contributed by atoms with E-state index < -0.39 is 0 Å². The molecule has 0 heterocycles. The van der Waals surface area contributed by atoms with Crippen molar-refractivity contribution in [2.75, 3.05) is 0 Å². The second kappa shape index (κ2) is 14.0. The number of unbranched alkanes of at least 4 members (excludes halogenated alkanes) is 10. The summed E-state index contributed by atoms with van der Waals surface area (Å²) in [6.07, 6.45) is 17.8. The van der Waals surface area contributed by atoms with Crippen LogP contribution in [0.2, 0.25) is 0 Å². The normalized spacial score (nSPS) is 11.0. The van der Waals surface area contributed by atoms with E-state index >= 15 is 0 Å². The maximum Gasteiger partial charge on any atom is 0.335 e. The second-order valence-electron chi connectivity index (χ2n) is 6.11. The molecule has 128 valence electrons. The van der Waals surface area contributed by atoms with Crippen LogP contribution in [0.4, 0.5) is 0 Å². The molecule has 0 spiro atoms. The molecule has 23 heavy (non-hydrogen) atoms. The van der Waals surface area contributed by atoms with E-state index in [4.69, 9.17) is 4.74 Å². The third kappa shape index (κ3) is 11.6. The van der Waals surface area contributed by atoms with Gasteiger partial charge in [-0.15, -0.1) is 0 Å². The highest BCUT2D eigenvalue weighted by Crippen LogP contribution is 2.12. The van der Waals surface area contributed by atoms with Crippen molar-refractivity contribution >= 4 is 5.97 Å². The molecule has 0 aliphatic rings. The van der Waals surface area contributed by atoms with Crippen molar-refractivity contribution in [2.45, 2.75) is 77.6 Å². The van der Waals surface area contributed by atoms with Gasteiger partial charge in [-0.25, -0.2) is 4.79 Å². The molecule has 0 bridgehead atoms. The van der Waals surface area contributed by atoms with Crippen LogP contribution in [-0.2, 0) is 4.79 Å². The molecule has 0 amide bonds. The van der Waals surface area contributed by atoms with Crippen molar-refractivity contribution < 1.29 is 9.53 Å². The Morgan fingerprint density at radius 3 is 2.04 bits per heavy atom. The summed E-state index contributed by atoms with van der Waals surface area (Å²) in [7, 11) is 0. The molecule has 0 aromatic heterocycles. The molecule has 1 aromatic carbocycles. The summed E-state index contributed by atoms with van der Waals surface area (Å²) in [5.74, 6) is 0.310. The number of hydrogen-bond acceptors (Lipinski definition) is 2. The van der Waals surface area contributed by atoms with Crippen molar-refractivity contribution in [1.82, 2.24) is 0 Å². The highest BCUT2D eigenvalue weighted by atomic mass is 16.5. The lowest BCUT2D eigenvalue weighted by Crippen LogP contribution is -2.03. The van der Waals surface area contributed by atoms with Crippen LogP contribution in [0.15, 0.2) is 42.5 Å². The molecule has 2 nitrogen and oxygen atoms in total. The van der Waals surface area contributed by atoms with Crippen LogP contribution in [0.25, 0.3) is 0 Å². The summed E-state index contributed by atoms with van der Waals surface area (Å²) in [5, 5.41) is 0. The van der Waals surface area contributed by atoms with Crippen LogP contribution in [0.3, 0.4) is 0 Å². The van der Waals surface area contributed by atoms with E-state index in [0.717, 1.165) is 12.8 Å². The number of benzene rings is 1. The van der Waals surface area contributed by atoms with Gasteiger partial charge in [0.1, 0.15) is 5.75 Å². The van der Waals surface area contributed by atoms with Crippen LogP contribution >= 0.6 is 0 Å². The zero-order valence-electron chi connectivity index (χ0n) is 14.6. The van der Waals surface area contributed by atoms with Gasteiger partial charge in [0.15, 0.2) is 0 Å².